The summed E-state index contributed by atoms with van der Waals surface area (Å²) in [5.41, 5.74) is 8.21. The molecule has 2 unspecified atom stereocenters. The fraction of sp³-hybridized carbons (Fsp3) is 0.588. The SMILES string of the molecule is CC1(c2nc3ccc(F)cc3n2C2CC2)CCCCC1N. The van der Waals surface area contributed by atoms with Crippen molar-refractivity contribution in [2.75, 3.05) is 0 Å². The van der Waals surface area contributed by atoms with Gasteiger partial charge in [0.1, 0.15) is 11.6 Å². The zero-order chi connectivity index (χ0) is 14.6. The maximum atomic E-state index is 13.7. The number of fused-ring (bicyclic) bond motifs is 1. The molecule has 0 bridgehead atoms. The molecule has 3 nitrogen and oxygen atoms in total. The lowest BCUT2D eigenvalue weighted by Crippen LogP contribution is -2.47. The molecule has 2 aliphatic rings. The molecule has 2 atom stereocenters. The second kappa shape index (κ2) is 4.54. The molecule has 2 aliphatic carbocycles. The van der Waals surface area contributed by atoms with E-state index >= 15 is 0 Å². The van der Waals surface area contributed by atoms with Crippen LogP contribution in [0.2, 0.25) is 0 Å². The van der Waals surface area contributed by atoms with Crippen LogP contribution >= 0.6 is 0 Å². The van der Waals surface area contributed by atoms with Crippen LogP contribution in [0, 0.1) is 5.82 Å². The van der Waals surface area contributed by atoms with E-state index in [0.717, 1.165) is 29.7 Å². The molecule has 1 aromatic heterocycles. The van der Waals surface area contributed by atoms with Crippen molar-refractivity contribution in [3.05, 3.63) is 29.8 Å². The zero-order valence-corrected chi connectivity index (χ0v) is 12.5. The summed E-state index contributed by atoms with van der Waals surface area (Å²) in [6.07, 6.45) is 6.87. The molecule has 0 amide bonds. The smallest absolute Gasteiger partial charge is 0.125 e. The number of nitrogens with zero attached hydrogens (tertiary/aromatic N) is 2. The first-order valence-corrected chi connectivity index (χ1v) is 8.03. The van der Waals surface area contributed by atoms with Gasteiger partial charge in [0.15, 0.2) is 0 Å². The van der Waals surface area contributed by atoms with E-state index < -0.39 is 0 Å². The highest BCUT2D eigenvalue weighted by molar-refractivity contribution is 5.76. The molecule has 1 aromatic carbocycles. The van der Waals surface area contributed by atoms with Gasteiger partial charge in [-0.15, -0.1) is 0 Å². The van der Waals surface area contributed by atoms with Crippen molar-refractivity contribution in [2.24, 2.45) is 5.73 Å². The number of hydrogen-bond acceptors (Lipinski definition) is 2. The highest BCUT2D eigenvalue weighted by Crippen LogP contribution is 2.45. The van der Waals surface area contributed by atoms with Crippen LogP contribution in [0.5, 0.6) is 0 Å². The Labute approximate surface area is 124 Å². The van der Waals surface area contributed by atoms with E-state index in [0.29, 0.717) is 6.04 Å². The summed E-state index contributed by atoms with van der Waals surface area (Å²) in [6, 6.07) is 5.55. The fourth-order valence-electron chi connectivity index (χ4n) is 3.81. The van der Waals surface area contributed by atoms with E-state index in [1.54, 1.807) is 12.1 Å². The summed E-state index contributed by atoms with van der Waals surface area (Å²) in [4.78, 5) is 4.88. The first-order valence-electron chi connectivity index (χ1n) is 8.03. The van der Waals surface area contributed by atoms with Crippen LogP contribution in [0.4, 0.5) is 4.39 Å². The molecule has 2 saturated carbocycles. The van der Waals surface area contributed by atoms with Crippen molar-refractivity contribution in [1.82, 2.24) is 9.55 Å². The van der Waals surface area contributed by atoms with Gasteiger partial charge >= 0.3 is 0 Å². The monoisotopic (exact) mass is 287 g/mol. The quantitative estimate of drug-likeness (QED) is 0.916. The highest BCUT2D eigenvalue weighted by Gasteiger charge is 2.42. The maximum absolute atomic E-state index is 13.7. The van der Waals surface area contributed by atoms with Crippen LogP contribution in [-0.4, -0.2) is 15.6 Å². The lowest BCUT2D eigenvalue weighted by atomic mass is 9.71. The van der Waals surface area contributed by atoms with Gasteiger partial charge in [0.25, 0.3) is 0 Å². The Morgan fingerprint density at radius 3 is 2.81 bits per heavy atom. The topological polar surface area (TPSA) is 43.8 Å². The van der Waals surface area contributed by atoms with Gasteiger partial charge in [0, 0.05) is 17.5 Å². The van der Waals surface area contributed by atoms with E-state index in [9.17, 15) is 4.39 Å². The standard InChI is InChI=1S/C17H22FN3/c1-17(9-3-2-4-15(17)19)16-20-13-8-5-11(18)10-14(13)21(16)12-6-7-12/h5,8,10,12,15H,2-4,6-7,9,19H2,1H3. The number of rotatable bonds is 2. The molecule has 0 aliphatic heterocycles. The van der Waals surface area contributed by atoms with Crippen LogP contribution in [0.15, 0.2) is 18.2 Å². The van der Waals surface area contributed by atoms with Crippen molar-refractivity contribution in [3.63, 3.8) is 0 Å². The third-order valence-corrected chi connectivity index (χ3v) is 5.35. The predicted molar refractivity (Wildman–Crippen MR) is 81.8 cm³/mol. The molecular weight excluding hydrogens is 265 g/mol. The minimum atomic E-state index is -0.186. The van der Waals surface area contributed by atoms with Gasteiger partial charge < -0.3 is 10.3 Å². The van der Waals surface area contributed by atoms with Gasteiger partial charge in [0.05, 0.1) is 11.0 Å². The second-order valence-corrected chi connectivity index (χ2v) is 6.94. The number of aromatic nitrogens is 2. The van der Waals surface area contributed by atoms with Gasteiger partial charge in [0.2, 0.25) is 0 Å². The predicted octanol–water partition coefficient (Wildman–Crippen LogP) is 3.67. The highest BCUT2D eigenvalue weighted by atomic mass is 19.1. The van der Waals surface area contributed by atoms with Crippen molar-refractivity contribution >= 4 is 11.0 Å². The minimum Gasteiger partial charge on any atom is -0.327 e. The van der Waals surface area contributed by atoms with E-state index in [2.05, 4.69) is 11.5 Å². The maximum Gasteiger partial charge on any atom is 0.125 e. The Kier molecular flexibility index (Phi) is 2.86. The average Bonchev–Trinajstić information content (AvgIpc) is 3.23. The first kappa shape index (κ1) is 13.3. The van der Waals surface area contributed by atoms with Crippen molar-refractivity contribution in [1.29, 1.82) is 0 Å². The lowest BCUT2D eigenvalue weighted by molar-refractivity contribution is 0.252. The van der Waals surface area contributed by atoms with Crippen molar-refractivity contribution in [2.45, 2.75) is 62.9 Å². The molecule has 0 saturated heterocycles. The van der Waals surface area contributed by atoms with Crippen LogP contribution in [0.25, 0.3) is 11.0 Å². The summed E-state index contributed by atoms with van der Waals surface area (Å²) >= 11 is 0. The van der Waals surface area contributed by atoms with Gasteiger partial charge in [-0.1, -0.05) is 19.8 Å². The lowest BCUT2D eigenvalue weighted by Gasteiger charge is -2.39. The zero-order valence-electron chi connectivity index (χ0n) is 12.5. The molecule has 0 spiro atoms. The van der Waals surface area contributed by atoms with Gasteiger partial charge in [-0.3, -0.25) is 0 Å². The van der Waals surface area contributed by atoms with Crippen molar-refractivity contribution < 1.29 is 4.39 Å². The Balaban J connectivity index is 1.93. The normalized spacial score (nSPS) is 30.0. The van der Waals surface area contributed by atoms with Crippen LogP contribution in [-0.2, 0) is 5.41 Å². The van der Waals surface area contributed by atoms with E-state index in [-0.39, 0.29) is 17.3 Å². The average molecular weight is 287 g/mol. The molecule has 1 heterocycles. The molecule has 2 N–H and O–H groups in total. The Hall–Kier alpha value is -1.42. The molecule has 2 aromatic rings. The number of imidazole rings is 1. The largest absolute Gasteiger partial charge is 0.327 e. The van der Waals surface area contributed by atoms with E-state index in [1.165, 1.54) is 31.7 Å². The third-order valence-electron chi connectivity index (χ3n) is 5.35. The van der Waals surface area contributed by atoms with Gasteiger partial charge in [-0.05, 0) is 43.9 Å². The van der Waals surface area contributed by atoms with E-state index in [1.807, 2.05) is 0 Å². The molecule has 0 radical (unpaired) electrons. The minimum absolute atomic E-state index is 0.0870. The number of nitrogens with two attached hydrogens (primary N) is 1. The molecule has 2 fully saturated rings. The van der Waals surface area contributed by atoms with Crippen LogP contribution in [0.3, 0.4) is 0 Å². The Morgan fingerprint density at radius 2 is 2.10 bits per heavy atom. The molecule has 4 heteroatoms. The summed E-state index contributed by atoms with van der Waals surface area (Å²) in [5.74, 6) is 0.895. The third kappa shape index (κ3) is 2.00. The Morgan fingerprint density at radius 1 is 1.29 bits per heavy atom. The summed E-state index contributed by atoms with van der Waals surface area (Å²) < 4.78 is 15.9. The van der Waals surface area contributed by atoms with E-state index in [4.69, 9.17) is 10.7 Å². The van der Waals surface area contributed by atoms with Crippen LogP contribution < -0.4 is 5.73 Å². The second-order valence-electron chi connectivity index (χ2n) is 6.94. The number of benzene rings is 1. The summed E-state index contributed by atoms with van der Waals surface area (Å²) in [7, 11) is 0. The molecule has 112 valence electrons. The summed E-state index contributed by atoms with van der Waals surface area (Å²) in [5, 5.41) is 0. The number of hydrogen-bond donors (Lipinski definition) is 1. The van der Waals surface area contributed by atoms with Crippen LogP contribution in [0.1, 0.15) is 57.3 Å². The van der Waals surface area contributed by atoms with Gasteiger partial charge in [-0.2, -0.15) is 0 Å². The Bertz CT molecular complexity index is 689. The molecule has 21 heavy (non-hydrogen) atoms. The summed E-state index contributed by atoms with van der Waals surface area (Å²) in [6.45, 7) is 2.24. The fourth-order valence-corrected chi connectivity index (χ4v) is 3.81. The van der Waals surface area contributed by atoms with Crippen molar-refractivity contribution in [3.8, 4) is 0 Å². The molecule has 4 rings (SSSR count). The number of halogens is 1. The molecular formula is C17H22FN3. The first-order chi connectivity index (χ1) is 10.1. The van der Waals surface area contributed by atoms with Gasteiger partial charge in [-0.25, -0.2) is 9.37 Å².